The Hall–Kier alpha value is -4.16. The summed E-state index contributed by atoms with van der Waals surface area (Å²) in [6.45, 7) is 1.20. The Morgan fingerprint density at radius 1 is 1.12 bits per heavy atom. The number of amides is 2. The summed E-state index contributed by atoms with van der Waals surface area (Å²) in [6.07, 6.45) is -3.40. The minimum Gasteiger partial charge on any atom is -0.493 e. The van der Waals surface area contributed by atoms with Gasteiger partial charge in [0.05, 0.1) is 24.4 Å². The Morgan fingerprint density at radius 2 is 1.88 bits per heavy atom. The third kappa shape index (κ3) is 6.44. The normalized spacial score (nSPS) is 18.9. The molecule has 1 aromatic heterocycles. The Kier molecular flexibility index (Phi) is 7.62. The third-order valence-corrected chi connectivity index (χ3v) is 7.04. The molecule has 2 amide bonds. The number of nitrogens with one attached hydrogen (secondary N) is 1. The van der Waals surface area contributed by atoms with Crippen LogP contribution in [0.4, 0.5) is 27.6 Å². The van der Waals surface area contributed by atoms with Gasteiger partial charge in [0, 0.05) is 29.6 Å². The number of Topliss-reactive ketones (excluding diaryl/α,β-unsaturated/α-hetero) is 1. The number of aromatic nitrogens is 1. The molecule has 8 nitrogen and oxygen atoms in total. The predicted octanol–water partition coefficient (Wildman–Crippen LogP) is 5.25. The number of carbonyl (C=O) groups excluding carboxylic acids is 3. The van der Waals surface area contributed by atoms with Gasteiger partial charge < -0.3 is 24.3 Å². The van der Waals surface area contributed by atoms with Crippen molar-refractivity contribution in [2.45, 2.75) is 51.3 Å². The zero-order valence-corrected chi connectivity index (χ0v) is 21.8. The predicted molar refractivity (Wildman–Crippen MR) is 137 cm³/mol. The number of halogens is 5. The number of carbonyl (C=O) groups is 3. The Labute approximate surface area is 231 Å². The van der Waals surface area contributed by atoms with Gasteiger partial charge in [0.2, 0.25) is 11.8 Å². The summed E-state index contributed by atoms with van der Waals surface area (Å²) in [5.74, 6) is -3.40. The first-order valence-electron chi connectivity index (χ1n) is 12.9. The van der Waals surface area contributed by atoms with Crippen molar-refractivity contribution in [2.75, 3.05) is 18.5 Å². The van der Waals surface area contributed by atoms with E-state index < -0.39 is 54.2 Å². The monoisotopic (exact) mass is 579 g/mol. The van der Waals surface area contributed by atoms with Crippen molar-refractivity contribution in [1.82, 2.24) is 9.47 Å². The van der Waals surface area contributed by atoms with E-state index >= 15 is 0 Å². The molecule has 1 aliphatic heterocycles. The highest BCUT2D eigenvalue weighted by molar-refractivity contribution is 6.07. The van der Waals surface area contributed by atoms with E-state index in [9.17, 15) is 36.3 Å². The van der Waals surface area contributed by atoms with Gasteiger partial charge in [-0.15, -0.1) is 13.2 Å². The van der Waals surface area contributed by atoms with Crippen molar-refractivity contribution in [3.8, 4) is 11.5 Å². The van der Waals surface area contributed by atoms with Gasteiger partial charge in [0.25, 0.3) is 0 Å². The van der Waals surface area contributed by atoms with E-state index in [4.69, 9.17) is 4.74 Å². The lowest BCUT2D eigenvalue weighted by Crippen LogP contribution is -2.44. The summed E-state index contributed by atoms with van der Waals surface area (Å²) in [4.78, 5) is 39.6. The van der Waals surface area contributed by atoms with Crippen molar-refractivity contribution in [3.05, 3.63) is 54.0 Å². The van der Waals surface area contributed by atoms with Crippen LogP contribution in [0.2, 0.25) is 0 Å². The van der Waals surface area contributed by atoms with Crippen molar-refractivity contribution < 1.29 is 45.8 Å². The van der Waals surface area contributed by atoms with Gasteiger partial charge in [-0.3, -0.25) is 14.4 Å². The Morgan fingerprint density at radius 3 is 2.56 bits per heavy atom. The van der Waals surface area contributed by atoms with E-state index in [-0.39, 0.29) is 18.7 Å². The molecule has 3 aromatic rings. The fourth-order valence-electron chi connectivity index (χ4n) is 4.84. The van der Waals surface area contributed by atoms with Crippen molar-refractivity contribution in [2.24, 2.45) is 5.92 Å². The highest BCUT2D eigenvalue weighted by Gasteiger charge is 2.40. The number of likely N-dealkylation sites (tertiary alicyclic amines) is 1. The lowest BCUT2D eigenvalue weighted by Gasteiger charge is -2.24. The van der Waals surface area contributed by atoms with Crippen LogP contribution < -0.4 is 14.8 Å². The highest BCUT2D eigenvalue weighted by Crippen LogP contribution is 2.33. The maximum atomic E-state index is 14.6. The minimum atomic E-state index is -5.16. The minimum absolute atomic E-state index is 0.228. The van der Waals surface area contributed by atoms with Crippen LogP contribution in [0.15, 0.2) is 42.6 Å². The standard InChI is InChI=1S/C28H26F5N3O5/c1-15(37)20-12-35(22-10-18(7-8-19(20)22)40-14-16-5-6-16)13-25(38)36-11-17(29)9-23(36)27(39)34-21-3-2-4-24(26(21)30)41-28(31,32)33/h2-4,7-8,10,12,16-17,23H,5-6,9,11,13-14H2,1H3,(H,34,39). The second-order valence-corrected chi connectivity index (χ2v) is 10.2. The van der Waals surface area contributed by atoms with E-state index in [2.05, 4.69) is 10.1 Å². The molecule has 1 aliphatic carbocycles. The number of anilines is 1. The first kappa shape index (κ1) is 28.4. The van der Waals surface area contributed by atoms with Crippen molar-refractivity contribution in [3.63, 3.8) is 0 Å². The molecule has 1 N–H and O–H groups in total. The number of hydrogen-bond acceptors (Lipinski definition) is 5. The molecule has 1 saturated heterocycles. The van der Waals surface area contributed by atoms with Crippen LogP contribution in [0.3, 0.4) is 0 Å². The van der Waals surface area contributed by atoms with Crippen LogP contribution in [0, 0.1) is 11.7 Å². The first-order chi connectivity index (χ1) is 19.4. The van der Waals surface area contributed by atoms with Crippen LogP contribution in [-0.4, -0.2) is 58.8 Å². The average Bonchev–Trinajstić information content (AvgIpc) is 3.54. The number of ketones is 1. The van der Waals surface area contributed by atoms with Gasteiger partial charge in [0.1, 0.15) is 24.5 Å². The number of hydrogen-bond donors (Lipinski definition) is 1. The van der Waals surface area contributed by atoms with Crippen molar-refractivity contribution in [1.29, 1.82) is 0 Å². The third-order valence-electron chi connectivity index (χ3n) is 7.04. The molecule has 218 valence electrons. The SMILES string of the molecule is CC(=O)c1cn(CC(=O)N2CC(F)CC2C(=O)Nc2cccc(OC(F)(F)F)c2F)c2cc(OCC3CC3)ccc12. The molecule has 2 aromatic carbocycles. The smallest absolute Gasteiger partial charge is 0.493 e. The van der Waals surface area contributed by atoms with E-state index in [0.717, 1.165) is 35.9 Å². The highest BCUT2D eigenvalue weighted by atomic mass is 19.4. The average molecular weight is 580 g/mol. The maximum Gasteiger partial charge on any atom is 0.573 e. The number of rotatable bonds is 9. The summed E-state index contributed by atoms with van der Waals surface area (Å²) in [5, 5.41) is 2.74. The van der Waals surface area contributed by atoms with E-state index in [1.54, 1.807) is 18.2 Å². The Bertz CT molecular complexity index is 1500. The summed E-state index contributed by atoms with van der Waals surface area (Å²) < 4.78 is 77.7. The van der Waals surface area contributed by atoms with Gasteiger partial charge in [0.15, 0.2) is 17.3 Å². The molecule has 2 heterocycles. The van der Waals surface area contributed by atoms with Crippen molar-refractivity contribution >= 4 is 34.2 Å². The summed E-state index contributed by atoms with van der Waals surface area (Å²) in [5.41, 5.74) is 0.294. The molecular formula is C28H26F5N3O5. The Balaban J connectivity index is 1.35. The lowest BCUT2D eigenvalue weighted by atomic mass is 10.1. The molecule has 13 heteroatoms. The molecule has 2 fully saturated rings. The zero-order valence-electron chi connectivity index (χ0n) is 21.8. The summed E-state index contributed by atoms with van der Waals surface area (Å²) in [7, 11) is 0. The number of nitrogens with zero attached hydrogens (tertiary/aromatic N) is 2. The van der Waals surface area contributed by atoms with Gasteiger partial charge in [-0.1, -0.05) is 6.07 Å². The fourth-order valence-corrected chi connectivity index (χ4v) is 4.84. The molecule has 0 radical (unpaired) electrons. The zero-order chi connectivity index (χ0) is 29.5. The number of benzene rings is 2. The molecule has 1 saturated carbocycles. The van der Waals surface area contributed by atoms with Crippen LogP contribution in [0.5, 0.6) is 11.5 Å². The molecule has 41 heavy (non-hydrogen) atoms. The number of ether oxygens (including phenoxy) is 2. The molecule has 5 rings (SSSR count). The van der Waals surface area contributed by atoms with Gasteiger partial charge in [-0.05, 0) is 49.9 Å². The van der Waals surface area contributed by atoms with Gasteiger partial charge in [-0.25, -0.2) is 8.78 Å². The molecule has 0 spiro atoms. The van der Waals surface area contributed by atoms with Crippen LogP contribution >= 0.6 is 0 Å². The second kappa shape index (κ2) is 11.0. The van der Waals surface area contributed by atoms with Crippen LogP contribution in [0.1, 0.15) is 36.5 Å². The number of alkyl halides is 4. The van der Waals surface area contributed by atoms with Crippen LogP contribution in [0.25, 0.3) is 10.9 Å². The first-order valence-corrected chi connectivity index (χ1v) is 12.9. The summed E-state index contributed by atoms with van der Waals surface area (Å²) >= 11 is 0. The molecular weight excluding hydrogens is 553 g/mol. The quantitative estimate of drug-likeness (QED) is 0.277. The lowest BCUT2D eigenvalue weighted by molar-refractivity contribution is -0.275. The van der Waals surface area contributed by atoms with E-state index in [1.165, 1.54) is 17.7 Å². The number of fused-ring (bicyclic) bond motifs is 1. The van der Waals surface area contributed by atoms with Gasteiger partial charge in [-0.2, -0.15) is 0 Å². The van der Waals surface area contributed by atoms with Crippen LogP contribution in [-0.2, 0) is 16.1 Å². The van der Waals surface area contributed by atoms with E-state index in [1.807, 2.05) is 0 Å². The molecule has 2 atom stereocenters. The molecule has 2 aliphatic rings. The fraction of sp³-hybridized carbons (Fsp3) is 0.393. The maximum absolute atomic E-state index is 14.6. The molecule has 2 unspecified atom stereocenters. The largest absolute Gasteiger partial charge is 0.573 e. The topological polar surface area (TPSA) is 89.9 Å². The van der Waals surface area contributed by atoms with E-state index in [0.29, 0.717) is 34.7 Å². The second-order valence-electron chi connectivity index (χ2n) is 10.2. The van der Waals surface area contributed by atoms with Gasteiger partial charge >= 0.3 is 6.36 Å². The molecule has 0 bridgehead atoms. The summed E-state index contributed by atoms with van der Waals surface area (Å²) in [6, 6.07) is 6.62.